The normalized spacial score (nSPS) is 17.3. The van der Waals surface area contributed by atoms with E-state index in [1.54, 1.807) is 32.0 Å². The van der Waals surface area contributed by atoms with Gasteiger partial charge in [-0.2, -0.15) is 8.42 Å². The number of fused-ring (bicyclic) bond motifs is 1. The molecule has 1 aromatic rings. The largest absolute Gasteiger partial charge is 0.462 e. The van der Waals surface area contributed by atoms with Crippen molar-refractivity contribution in [2.45, 2.75) is 24.8 Å². The van der Waals surface area contributed by atoms with Gasteiger partial charge in [0.15, 0.2) is 0 Å². The highest BCUT2D eigenvalue weighted by molar-refractivity contribution is 7.90. The predicted molar refractivity (Wildman–Crippen MR) is 60.9 cm³/mol. The number of sulfonamides is 1. The molecular formula is C10H12N2O3S. The number of hydrogen-bond donors (Lipinski definition) is 1. The molecule has 16 heavy (non-hydrogen) atoms. The van der Waals surface area contributed by atoms with Gasteiger partial charge in [-0.3, -0.25) is 0 Å². The van der Waals surface area contributed by atoms with Crippen molar-refractivity contribution < 1.29 is 13.2 Å². The number of amidine groups is 1. The summed E-state index contributed by atoms with van der Waals surface area (Å²) in [5.74, 6) is 0. The fourth-order valence-corrected chi connectivity index (χ4v) is 2.42. The van der Waals surface area contributed by atoms with Crippen molar-refractivity contribution in [3.8, 4) is 0 Å². The van der Waals surface area contributed by atoms with Crippen LogP contribution in [0, 0.1) is 0 Å². The highest BCUT2D eigenvalue weighted by Gasteiger charge is 2.25. The molecular weight excluding hydrogens is 228 g/mol. The van der Waals surface area contributed by atoms with Gasteiger partial charge in [-0.15, -0.1) is 4.40 Å². The predicted octanol–water partition coefficient (Wildman–Crippen LogP) is 1.58. The average molecular weight is 240 g/mol. The maximum Gasteiger partial charge on any atom is 0.305 e. The lowest BCUT2D eigenvalue weighted by molar-refractivity contribution is 0.228. The first-order chi connectivity index (χ1) is 7.49. The Morgan fingerprint density at radius 2 is 2.00 bits per heavy atom. The summed E-state index contributed by atoms with van der Waals surface area (Å²) in [4.78, 5) is 0.172. The molecule has 1 heterocycles. The summed E-state index contributed by atoms with van der Waals surface area (Å²) in [6, 6.07) is 6.61. The summed E-state index contributed by atoms with van der Waals surface area (Å²) in [5, 5.41) is 2.83. The molecule has 6 heteroatoms. The van der Waals surface area contributed by atoms with Crippen LogP contribution < -0.4 is 5.32 Å². The van der Waals surface area contributed by atoms with Crippen LogP contribution in [0.25, 0.3) is 0 Å². The molecule has 5 nitrogen and oxygen atoms in total. The van der Waals surface area contributed by atoms with E-state index in [2.05, 4.69) is 9.71 Å². The average Bonchev–Trinajstić information content (AvgIpc) is 2.15. The zero-order chi connectivity index (χ0) is 11.8. The molecule has 1 N–H and O–H groups in total. The minimum atomic E-state index is -3.64. The van der Waals surface area contributed by atoms with Crippen LogP contribution in [0.3, 0.4) is 0 Å². The Labute approximate surface area is 94.2 Å². The Hall–Kier alpha value is -1.56. The van der Waals surface area contributed by atoms with Gasteiger partial charge in [0.1, 0.15) is 4.90 Å². The second-order valence-corrected chi connectivity index (χ2v) is 5.23. The molecule has 0 aromatic heterocycles. The Morgan fingerprint density at radius 3 is 2.69 bits per heavy atom. The van der Waals surface area contributed by atoms with Gasteiger partial charge in [0.25, 0.3) is 10.0 Å². The first-order valence-electron chi connectivity index (χ1n) is 4.87. The van der Waals surface area contributed by atoms with Gasteiger partial charge in [0, 0.05) is 0 Å². The van der Waals surface area contributed by atoms with Crippen molar-refractivity contribution in [2.75, 3.05) is 5.32 Å². The second kappa shape index (κ2) is 3.79. The molecule has 0 spiro atoms. The standard InChI is InChI=1S/C10H12N2O3S/c1-7(2)15-10-11-8-5-3-4-6-9(8)16(13,14)12-10/h3-7H,1-2H3,(H,11,12). The molecule has 1 aliphatic rings. The molecule has 0 saturated carbocycles. The molecule has 1 aromatic carbocycles. The molecule has 1 aliphatic heterocycles. The maximum absolute atomic E-state index is 11.8. The maximum atomic E-state index is 11.8. The van der Waals surface area contributed by atoms with Crippen LogP contribution in [0.15, 0.2) is 33.6 Å². The van der Waals surface area contributed by atoms with E-state index in [9.17, 15) is 8.42 Å². The van der Waals surface area contributed by atoms with Crippen molar-refractivity contribution in [1.29, 1.82) is 0 Å². The molecule has 0 bridgehead atoms. The first-order valence-corrected chi connectivity index (χ1v) is 6.31. The molecule has 0 saturated heterocycles. The van der Waals surface area contributed by atoms with E-state index in [0.29, 0.717) is 5.69 Å². The van der Waals surface area contributed by atoms with Crippen LogP contribution in [0.2, 0.25) is 0 Å². The van der Waals surface area contributed by atoms with Crippen LogP contribution in [-0.2, 0) is 14.8 Å². The van der Waals surface area contributed by atoms with Crippen LogP contribution in [-0.4, -0.2) is 20.5 Å². The van der Waals surface area contributed by atoms with E-state index >= 15 is 0 Å². The topological polar surface area (TPSA) is 67.8 Å². The lowest BCUT2D eigenvalue weighted by Crippen LogP contribution is -2.26. The van der Waals surface area contributed by atoms with Crippen molar-refractivity contribution in [3.63, 3.8) is 0 Å². The van der Waals surface area contributed by atoms with E-state index in [1.165, 1.54) is 6.07 Å². The van der Waals surface area contributed by atoms with Crippen LogP contribution >= 0.6 is 0 Å². The zero-order valence-electron chi connectivity index (χ0n) is 8.97. The first kappa shape index (κ1) is 10.9. The smallest absolute Gasteiger partial charge is 0.305 e. The number of rotatable bonds is 1. The highest BCUT2D eigenvalue weighted by Crippen LogP contribution is 2.26. The van der Waals surface area contributed by atoms with E-state index in [1.807, 2.05) is 0 Å². The van der Waals surface area contributed by atoms with Gasteiger partial charge in [0.05, 0.1) is 11.8 Å². The van der Waals surface area contributed by atoms with Gasteiger partial charge >= 0.3 is 6.02 Å². The molecule has 0 aliphatic carbocycles. The molecule has 0 amide bonds. The lowest BCUT2D eigenvalue weighted by Gasteiger charge is -2.19. The summed E-state index contributed by atoms with van der Waals surface area (Å²) in [6.07, 6.45) is -0.133. The lowest BCUT2D eigenvalue weighted by atomic mass is 10.3. The number of hydrogen-bond acceptors (Lipinski definition) is 4. The number of nitrogens with one attached hydrogen (secondary N) is 1. The fraction of sp³-hybridized carbons (Fsp3) is 0.300. The summed E-state index contributed by atoms with van der Waals surface area (Å²) in [6.45, 7) is 3.61. The number of benzene rings is 1. The van der Waals surface area contributed by atoms with Crippen molar-refractivity contribution in [2.24, 2.45) is 4.40 Å². The summed E-state index contributed by atoms with van der Waals surface area (Å²) in [5.41, 5.74) is 0.494. The fourth-order valence-electron chi connectivity index (χ4n) is 1.37. The Balaban J connectivity index is 2.44. The number of anilines is 1. The number of para-hydroxylation sites is 1. The summed E-state index contributed by atoms with van der Waals surface area (Å²) in [7, 11) is -3.64. The third kappa shape index (κ3) is 2.01. The molecule has 0 fully saturated rings. The monoisotopic (exact) mass is 240 g/mol. The molecule has 0 atom stereocenters. The van der Waals surface area contributed by atoms with Gasteiger partial charge in [-0.25, -0.2) is 0 Å². The van der Waals surface area contributed by atoms with Gasteiger partial charge in [-0.1, -0.05) is 12.1 Å². The van der Waals surface area contributed by atoms with E-state index in [-0.39, 0.29) is 17.0 Å². The van der Waals surface area contributed by atoms with Crippen molar-refractivity contribution in [1.82, 2.24) is 0 Å². The third-order valence-corrected chi connectivity index (χ3v) is 3.27. The SMILES string of the molecule is CC(C)OC1=NS(=O)(=O)c2ccccc2N1. The molecule has 86 valence electrons. The number of nitrogens with zero attached hydrogens (tertiary/aromatic N) is 1. The van der Waals surface area contributed by atoms with Gasteiger partial charge in [0.2, 0.25) is 0 Å². The third-order valence-electron chi connectivity index (χ3n) is 1.96. The Morgan fingerprint density at radius 1 is 1.31 bits per heavy atom. The van der Waals surface area contributed by atoms with E-state index in [0.717, 1.165) is 0 Å². The van der Waals surface area contributed by atoms with Crippen LogP contribution in [0.5, 0.6) is 0 Å². The number of ether oxygens (including phenoxy) is 1. The van der Waals surface area contributed by atoms with Crippen molar-refractivity contribution in [3.05, 3.63) is 24.3 Å². The van der Waals surface area contributed by atoms with Crippen LogP contribution in [0.4, 0.5) is 5.69 Å². The summed E-state index contributed by atoms with van der Waals surface area (Å²) >= 11 is 0. The molecule has 0 unspecified atom stereocenters. The van der Waals surface area contributed by atoms with E-state index in [4.69, 9.17) is 4.74 Å². The van der Waals surface area contributed by atoms with Crippen molar-refractivity contribution >= 4 is 21.7 Å². The molecule has 0 radical (unpaired) electrons. The highest BCUT2D eigenvalue weighted by atomic mass is 32.2. The minimum Gasteiger partial charge on any atom is -0.462 e. The van der Waals surface area contributed by atoms with Gasteiger partial charge in [-0.05, 0) is 26.0 Å². The minimum absolute atomic E-state index is 0.0219. The van der Waals surface area contributed by atoms with Crippen LogP contribution in [0.1, 0.15) is 13.8 Å². The summed E-state index contributed by atoms with van der Waals surface area (Å²) < 4.78 is 32.3. The quantitative estimate of drug-likeness (QED) is 0.809. The zero-order valence-corrected chi connectivity index (χ0v) is 9.78. The van der Waals surface area contributed by atoms with Gasteiger partial charge < -0.3 is 10.1 Å². The second-order valence-electron chi connectivity index (χ2n) is 3.66. The van der Waals surface area contributed by atoms with E-state index < -0.39 is 10.0 Å². The Kier molecular flexibility index (Phi) is 2.59. The Bertz CT molecular complexity index is 535. The molecule has 2 rings (SSSR count).